The van der Waals surface area contributed by atoms with Crippen molar-refractivity contribution in [2.24, 2.45) is 0 Å². The van der Waals surface area contributed by atoms with Gasteiger partial charge in [0.2, 0.25) is 0 Å². The van der Waals surface area contributed by atoms with Gasteiger partial charge in [-0.3, -0.25) is 4.98 Å². The van der Waals surface area contributed by atoms with Gasteiger partial charge in [-0.2, -0.15) is 11.8 Å². The van der Waals surface area contributed by atoms with Crippen LogP contribution in [0.15, 0.2) is 6.20 Å². The maximum absolute atomic E-state index is 10.1. The van der Waals surface area contributed by atoms with Crippen LogP contribution in [0.2, 0.25) is 0 Å². The van der Waals surface area contributed by atoms with Crippen LogP contribution < -0.4 is 5.32 Å². The molecule has 112 valence electrons. The molecule has 0 saturated heterocycles. The first-order chi connectivity index (χ1) is 9.67. The lowest BCUT2D eigenvalue weighted by Gasteiger charge is -2.31. The van der Waals surface area contributed by atoms with E-state index in [-0.39, 0.29) is 12.4 Å². The third kappa shape index (κ3) is 3.45. The van der Waals surface area contributed by atoms with Gasteiger partial charge in [0, 0.05) is 35.2 Å². The fourth-order valence-corrected chi connectivity index (χ4v) is 3.83. The average molecular weight is 296 g/mol. The largest absolute Gasteiger partial charge is 0.506 e. The van der Waals surface area contributed by atoms with Crippen molar-refractivity contribution in [2.45, 2.75) is 57.1 Å². The molecule has 1 aromatic rings. The number of rotatable bonds is 5. The van der Waals surface area contributed by atoms with Crippen molar-refractivity contribution in [1.82, 2.24) is 10.3 Å². The topological polar surface area (TPSA) is 65.4 Å². The van der Waals surface area contributed by atoms with Crippen molar-refractivity contribution >= 4 is 11.8 Å². The van der Waals surface area contributed by atoms with Crippen LogP contribution in [0, 0.1) is 6.92 Å². The van der Waals surface area contributed by atoms with E-state index in [1.54, 1.807) is 13.1 Å². The molecule has 4 nitrogen and oxygen atoms in total. The lowest BCUT2D eigenvalue weighted by molar-refractivity contribution is 0.278. The molecule has 1 heterocycles. The Morgan fingerprint density at radius 2 is 2.15 bits per heavy atom. The van der Waals surface area contributed by atoms with Crippen LogP contribution in [0.4, 0.5) is 0 Å². The first kappa shape index (κ1) is 15.6. The number of aromatic nitrogens is 1. The van der Waals surface area contributed by atoms with Crippen LogP contribution in [-0.2, 0) is 13.2 Å². The Hall–Kier alpha value is -0.780. The molecular weight excluding hydrogens is 272 g/mol. The second kappa shape index (κ2) is 7.29. The number of aliphatic hydroxyl groups is 1. The molecular formula is C15H24N2O2S. The number of hydrogen-bond donors (Lipinski definition) is 3. The lowest BCUT2D eigenvalue weighted by atomic mass is 9.94. The number of nitrogens with zero attached hydrogens (tertiary/aromatic N) is 1. The lowest BCUT2D eigenvalue weighted by Crippen LogP contribution is -2.40. The van der Waals surface area contributed by atoms with Gasteiger partial charge >= 0.3 is 0 Å². The van der Waals surface area contributed by atoms with Gasteiger partial charge in [-0.1, -0.05) is 12.8 Å². The van der Waals surface area contributed by atoms with Gasteiger partial charge in [-0.15, -0.1) is 0 Å². The van der Waals surface area contributed by atoms with Gasteiger partial charge in [0.1, 0.15) is 5.75 Å². The van der Waals surface area contributed by atoms with E-state index < -0.39 is 0 Å². The first-order valence-electron chi connectivity index (χ1n) is 7.20. The third-order valence-electron chi connectivity index (χ3n) is 4.15. The second-order valence-electron chi connectivity index (χ2n) is 5.40. The van der Waals surface area contributed by atoms with E-state index in [1.165, 1.54) is 25.7 Å². The zero-order chi connectivity index (χ0) is 14.5. The number of aromatic hydroxyl groups is 1. The van der Waals surface area contributed by atoms with E-state index in [0.717, 1.165) is 5.56 Å². The van der Waals surface area contributed by atoms with Crippen molar-refractivity contribution in [3.05, 3.63) is 23.0 Å². The Labute approximate surface area is 125 Å². The summed E-state index contributed by atoms with van der Waals surface area (Å²) in [5, 5.41) is 23.7. The zero-order valence-corrected chi connectivity index (χ0v) is 13.0. The summed E-state index contributed by atoms with van der Waals surface area (Å²) in [6.07, 6.45) is 8.84. The van der Waals surface area contributed by atoms with Crippen molar-refractivity contribution in [1.29, 1.82) is 0 Å². The van der Waals surface area contributed by atoms with Crippen LogP contribution in [-0.4, -0.2) is 32.7 Å². The van der Waals surface area contributed by atoms with Gasteiger partial charge in [-0.05, 0) is 26.0 Å². The number of hydrogen-bond acceptors (Lipinski definition) is 5. The summed E-state index contributed by atoms with van der Waals surface area (Å²) >= 11 is 1.92. The second-order valence-corrected chi connectivity index (χ2v) is 6.48. The van der Waals surface area contributed by atoms with Gasteiger partial charge in [0.05, 0.1) is 12.3 Å². The van der Waals surface area contributed by atoms with Gasteiger partial charge in [0.25, 0.3) is 0 Å². The Morgan fingerprint density at radius 1 is 1.40 bits per heavy atom. The molecule has 1 aliphatic carbocycles. The normalized spacial score (nSPS) is 22.9. The van der Waals surface area contributed by atoms with E-state index >= 15 is 0 Å². The SMILES string of the molecule is CSC1CCCCC1NCc1c(CO)cnc(C)c1O. The van der Waals surface area contributed by atoms with E-state index in [1.807, 2.05) is 11.8 Å². The molecule has 0 aromatic carbocycles. The molecule has 2 unspecified atom stereocenters. The zero-order valence-electron chi connectivity index (χ0n) is 12.2. The van der Waals surface area contributed by atoms with Gasteiger partial charge in [-0.25, -0.2) is 0 Å². The molecule has 0 bridgehead atoms. The summed E-state index contributed by atoms with van der Waals surface area (Å²) in [4.78, 5) is 4.09. The Bertz CT molecular complexity index is 454. The smallest absolute Gasteiger partial charge is 0.141 e. The molecule has 2 rings (SSSR count). The summed E-state index contributed by atoms with van der Waals surface area (Å²) in [7, 11) is 0. The Balaban J connectivity index is 2.08. The standard InChI is InChI=1S/C15H24N2O2S/c1-10-15(19)12(11(9-18)7-16-10)8-17-13-5-3-4-6-14(13)20-2/h7,13-14,17-19H,3-6,8-9H2,1-2H3. The number of pyridine rings is 1. The molecule has 5 heteroatoms. The van der Waals surface area contributed by atoms with E-state index in [2.05, 4.69) is 16.6 Å². The van der Waals surface area contributed by atoms with E-state index in [9.17, 15) is 10.2 Å². The number of aryl methyl sites for hydroxylation is 1. The predicted octanol–water partition coefficient (Wildman–Crippen LogP) is 2.35. The highest BCUT2D eigenvalue weighted by molar-refractivity contribution is 7.99. The fourth-order valence-electron chi connectivity index (χ4n) is 2.86. The minimum Gasteiger partial charge on any atom is -0.506 e. The summed E-state index contributed by atoms with van der Waals surface area (Å²) < 4.78 is 0. The van der Waals surface area contributed by atoms with Crippen molar-refractivity contribution < 1.29 is 10.2 Å². The summed E-state index contributed by atoms with van der Waals surface area (Å²) in [5.41, 5.74) is 2.10. The summed E-state index contributed by atoms with van der Waals surface area (Å²) in [6, 6.07) is 0.484. The quantitative estimate of drug-likeness (QED) is 0.778. The molecule has 1 aliphatic rings. The highest BCUT2D eigenvalue weighted by Gasteiger charge is 2.24. The van der Waals surface area contributed by atoms with Gasteiger partial charge in [0.15, 0.2) is 0 Å². The molecule has 0 aliphatic heterocycles. The maximum atomic E-state index is 10.1. The molecule has 1 fully saturated rings. The van der Waals surface area contributed by atoms with Crippen LogP contribution >= 0.6 is 11.8 Å². The molecule has 1 aromatic heterocycles. The van der Waals surface area contributed by atoms with Crippen LogP contribution in [0.5, 0.6) is 5.75 Å². The van der Waals surface area contributed by atoms with E-state index in [4.69, 9.17) is 0 Å². The predicted molar refractivity (Wildman–Crippen MR) is 83.0 cm³/mol. The maximum Gasteiger partial charge on any atom is 0.141 e. The number of aliphatic hydroxyl groups excluding tert-OH is 1. The molecule has 2 atom stereocenters. The van der Waals surface area contributed by atoms with Gasteiger partial charge < -0.3 is 15.5 Å². The molecule has 0 spiro atoms. The molecule has 0 amide bonds. The Kier molecular flexibility index (Phi) is 5.69. The first-order valence-corrected chi connectivity index (χ1v) is 8.49. The molecule has 20 heavy (non-hydrogen) atoms. The molecule has 3 N–H and O–H groups in total. The average Bonchev–Trinajstić information content (AvgIpc) is 2.49. The molecule has 0 radical (unpaired) electrons. The fraction of sp³-hybridized carbons (Fsp3) is 0.667. The molecule has 1 saturated carbocycles. The number of thioether (sulfide) groups is 1. The Morgan fingerprint density at radius 3 is 2.85 bits per heavy atom. The highest BCUT2D eigenvalue weighted by Crippen LogP contribution is 2.29. The van der Waals surface area contributed by atoms with Crippen molar-refractivity contribution in [3.8, 4) is 5.75 Å². The minimum absolute atomic E-state index is 0.0888. The minimum atomic E-state index is -0.0888. The highest BCUT2D eigenvalue weighted by atomic mass is 32.2. The monoisotopic (exact) mass is 296 g/mol. The van der Waals surface area contributed by atoms with Crippen LogP contribution in [0.25, 0.3) is 0 Å². The van der Waals surface area contributed by atoms with Crippen molar-refractivity contribution in [3.63, 3.8) is 0 Å². The summed E-state index contributed by atoms with van der Waals surface area (Å²) in [6.45, 7) is 2.28. The van der Waals surface area contributed by atoms with E-state index in [0.29, 0.717) is 29.1 Å². The van der Waals surface area contributed by atoms with Crippen LogP contribution in [0.1, 0.15) is 42.5 Å². The third-order valence-corrected chi connectivity index (χ3v) is 5.32. The number of nitrogens with one attached hydrogen (secondary N) is 1. The van der Waals surface area contributed by atoms with Crippen molar-refractivity contribution in [2.75, 3.05) is 6.26 Å². The summed E-state index contributed by atoms with van der Waals surface area (Å²) in [5.74, 6) is 0.209. The van der Waals surface area contributed by atoms with Crippen LogP contribution in [0.3, 0.4) is 0 Å².